The van der Waals surface area contributed by atoms with E-state index < -0.39 is 0 Å². The predicted octanol–water partition coefficient (Wildman–Crippen LogP) is 5.11. The quantitative estimate of drug-likeness (QED) is 0.498. The fraction of sp³-hybridized carbons (Fsp3) is 0.261. The molecule has 2 aromatic heterocycles. The molecule has 7 heteroatoms. The van der Waals surface area contributed by atoms with Crippen molar-refractivity contribution in [2.45, 2.75) is 19.8 Å². The van der Waals surface area contributed by atoms with Crippen LogP contribution < -0.4 is 10.2 Å². The zero-order chi connectivity index (χ0) is 20.5. The van der Waals surface area contributed by atoms with Crippen LogP contribution in [0.2, 0.25) is 0 Å². The van der Waals surface area contributed by atoms with Gasteiger partial charge in [-0.3, -0.25) is 4.79 Å². The van der Waals surface area contributed by atoms with Crippen LogP contribution in [0.5, 0.6) is 0 Å². The molecule has 1 aliphatic rings. The van der Waals surface area contributed by atoms with Gasteiger partial charge in [0.25, 0.3) is 6.01 Å². The number of fused-ring (bicyclic) bond motifs is 1. The first-order chi connectivity index (χ1) is 14.7. The lowest BCUT2D eigenvalue weighted by Gasteiger charge is -2.30. The molecule has 1 saturated heterocycles. The number of oxazole rings is 1. The third kappa shape index (κ3) is 3.80. The fourth-order valence-corrected chi connectivity index (χ4v) is 4.41. The maximum absolute atomic E-state index is 12.7. The van der Waals surface area contributed by atoms with Crippen molar-refractivity contribution >= 4 is 40.0 Å². The number of nitrogens with zero attached hydrogens (tertiary/aromatic N) is 3. The molecule has 4 aromatic rings. The van der Waals surface area contributed by atoms with E-state index in [1.54, 1.807) is 11.3 Å². The number of hydrogen-bond donors (Lipinski definition) is 1. The maximum atomic E-state index is 12.7. The maximum Gasteiger partial charge on any atom is 0.298 e. The number of piperidine rings is 1. The summed E-state index contributed by atoms with van der Waals surface area (Å²) in [4.78, 5) is 23.9. The van der Waals surface area contributed by atoms with E-state index in [-0.39, 0.29) is 11.8 Å². The molecule has 0 aliphatic carbocycles. The number of benzene rings is 2. The molecule has 0 spiro atoms. The Morgan fingerprint density at radius 2 is 1.87 bits per heavy atom. The molecule has 0 bridgehead atoms. The summed E-state index contributed by atoms with van der Waals surface area (Å²) in [7, 11) is 0. The Bertz CT molecular complexity index is 1140. The van der Waals surface area contributed by atoms with Crippen molar-refractivity contribution in [1.82, 2.24) is 9.97 Å². The molecule has 1 fully saturated rings. The molecular formula is C23H22N4O2S. The third-order valence-electron chi connectivity index (χ3n) is 5.49. The first kappa shape index (κ1) is 18.8. The van der Waals surface area contributed by atoms with Gasteiger partial charge in [0.2, 0.25) is 5.91 Å². The van der Waals surface area contributed by atoms with E-state index in [4.69, 9.17) is 4.42 Å². The van der Waals surface area contributed by atoms with Gasteiger partial charge in [0.15, 0.2) is 5.58 Å². The lowest BCUT2D eigenvalue weighted by molar-refractivity contribution is -0.120. The Morgan fingerprint density at radius 3 is 2.57 bits per heavy atom. The van der Waals surface area contributed by atoms with Crippen molar-refractivity contribution < 1.29 is 9.21 Å². The molecule has 152 valence electrons. The van der Waals surface area contributed by atoms with Crippen LogP contribution in [-0.2, 0) is 4.79 Å². The predicted molar refractivity (Wildman–Crippen MR) is 120 cm³/mol. The first-order valence-electron chi connectivity index (χ1n) is 10.1. The molecule has 6 nitrogen and oxygen atoms in total. The number of nitrogens with one attached hydrogen (secondary N) is 1. The summed E-state index contributed by atoms with van der Waals surface area (Å²) in [6.45, 7) is 3.51. The summed E-state index contributed by atoms with van der Waals surface area (Å²) < 4.78 is 5.86. The molecule has 2 aromatic carbocycles. The van der Waals surface area contributed by atoms with Crippen molar-refractivity contribution in [2.24, 2.45) is 5.92 Å². The Labute approximate surface area is 178 Å². The molecule has 0 saturated carbocycles. The topological polar surface area (TPSA) is 71.3 Å². The molecule has 3 heterocycles. The van der Waals surface area contributed by atoms with Crippen LogP contribution in [-0.4, -0.2) is 29.0 Å². The van der Waals surface area contributed by atoms with Gasteiger partial charge in [-0.25, -0.2) is 4.98 Å². The van der Waals surface area contributed by atoms with E-state index in [1.807, 2.05) is 60.8 Å². The van der Waals surface area contributed by atoms with Gasteiger partial charge in [-0.15, -0.1) is 11.3 Å². The summed E-state index contributed by atoms with van der Waals surface area (Å²) in [6, 6.07) is 16.3. The molecule has 1 aliphatic heterocycles. The van der Waals surface area contributed by atoms with Crippen LogP contribution in [0.3, 0.4) is 0 Å². The third-order valence-corrected chi connectivity index (χ3v) is 6.26. The van der Waals surface area contributed by atoms with Gasteiger partial charge < -0.3 is 14.6 Å². The van der Waals surface area contributed by atoms with Crippen molar-refractivity contribution in [3.63, 3.8) is 0 Å². The number of hydrogen-bond acceptors (Lipinski definition) is 6. The van der Waals surface area contributed by atoms with Crippen LogP contribution in [0.4, 0.5) is 11.7 Å². The van der Waals surface area contributed by atoms with Gasteiger partial charge >= 0.3 is 0 Å². The normalized spacial score (nSPS) is 14.9. The molecule has 30 heavy (non-hydrogen) atoms. The monoisotopic (exact) mass is 418 g/mol. The number of amides is 1. The van der Waals surface area contributed by atoms with E-state index in [0.717, 1.165) is 59.0 Å². The highest BCUT2D eigenvalue weighted by Gasteiger charge is 2.27. The summed E-state index contributed by atoms with van der Waals surface area (Å²) >= 11 is 1.64. The van der Waals surface area contributed by atoms with Crippen LogP contribution in [0.15, 0.2) is 58.3 Å². The SMILES string of the molecule is Cc1nc(-c2ccc(NC(=O)C3CCN(c4nc5ccccc5o4)CC3)cc2)cs1. The lowest BCUT2D eigenvalue weighted by atomic mass is 9.96. The van der Waals surface area contributed by atoms with Crippen molar-refractivity contribution in [3.8, 4) is 11.3 Å². The van der Waals surface area contributed by atoms with E-state index in [1.165, 1.54) is 0 Å². The van der Waals surface area contributed by atoms with E-state index in [2.05, 4.69) is 20.2 Å². The van der Waals surface area contributed by atoms with E-state index in [9.17, 15) is 4.79 Å². The van der Waals surface area contributed by atoms with E-state index >= 15 is 0 Å². The number of rotatable bonds is 4. The van der Waals surface area contributed by atoms with Gasteiger partial charge in [0.05, 0.1) is 10.7 Å². The molecule has 1 N–H and O–H groups in total. The highest BCUT2D eigenvalue weighted by molar-refractivity contribution is 7.09. The van der Waals surface area contributed by atoms with Crippen molar-refractivity contribution in [2.75, 3.05) is 23.3 Å². The molecular weight excluding hydrogens is 396 g/mol. The highest BCUT2D eigenvalue weighted by atomic mass is 32.1. The molecule has 0 atom stereocenters. The molecule has 1 amide bonds. The van der Waals surface area contributed by atoms with Crippen LogP contribution in [0, 0.1) is 12.8 Å². The average molecular weight is 419 g/mol. The summed E-state index contributed by atoms with van der Waals surface area (Å²) in [5, 5.41) is 6.15. The number of aromatic nitrogens is 2. The largest absolute Gasteiger partial charge is 0.423 e. The second kappa shape index (κ2) is 7.91. The highest BCUT2D eigenvalue weighted by Crippen LogP contribution is 2.27. The Morgan fingerprint density at radius 1 is 1.10 bits per heavy atom. The number of carbonyl (C=O) groups is 1. The van der Waals surface area contributed by atoms with Gasteiger partial charge in [-0.1, -0.05) is 24.3 Å². The second-order valence-electron chi connectivity index (χ2n) is 7.54. The van der Waals surface area contributed by atoms with Gasteiger partial charge in [-0.05, 0) is 44.0 Å². The molecule has 0 radical (unpaired) electrons. The number of carbonyl (C=O) groups excluding carboxylic acids is 1. The fourth-order valence-electron chi connectivity index (χ4n) is 3.79. The molecule has 0 unspecified atom stereocenters. The Hall–Kier alpha value is -3.19. The zero-order valence-electron chi connectivity index (χ0n) is 16.7. The molecule has 5 rings (SSSR count). The smallest absolute Gasteiger partial charge is 0.298 e. The number of para-hydroxylation sites is 2. The Balaban J connectivity index is 1.18. The van der Waals surface area contributed by atoms with Crippen LogP contribution >= 0.6 is 11.3 Å². The number of aryl methyl sites for hydroxylation is 1. The van der Waals surface area contributed by atoms with Crippen LogP contribution in [0.1, 0.15) is 17.8 Å². The summed E-state index contributed by atoms with van der Waals surface area (Å²) in [5.41, 5.74) is 4.51. The minimum Gasteiger partial charge on any atom is -0.423 e. The average Bonchev–Trinajstić information content (AvgIpc) is 3.40. The zero-order valence-corrected chi connectivity index (χ0v) is 17.5. The number of anilines is 2. The van der Waals surface area contributed by atoms with Crippen molar-refractivity contribution in [1.29, 1.82) is 0 Å². The Kier molecular flexibility index (Phi) is 4.96. The van der Waals surface area contributed by atoms with Gasteiger partial charge in [0, 0.05) is 35.6 Å². The van der Waals surface area contributed by atoms with Gasteiger partial charge in [-0.2, -0.15) is 4.98 Å². The van der Waals surface area contributed by atoms with Crippen molar-refractivity contribution in [3.05, 3.63) is 58.9 Å². The summed E-state index contributed by atoms with van der Waals surface area (Å²) in [5.74, 6) is 0.0657. The summed E-state index contributed by atoms with van der Waals surface area (Å²) in [6.07, 6.45) is 1.56. The van der Waals surface area contributed by atoms with E-state index in [0.29, 0.717) is 6.01 Å². The first-order valence-corrected chi connectivity index (χ1v) is 11.0. The van der Waals surface area contributed by atoms with Crippen LogP contribution in [0.25, 0.3) is 22.4 Å². The minimum atomic E-state index is -0.00788. The lowest BCUT2D eigenvalue weighted by Crippen LogP contribution is -2.38. The standard InChI is InChI=1S/C23H22N4O2S/c1-15-24-20(14-30-15)16-6-8-18(9-7-16)25-22(28)17-10-12-27(13-11-17)23-26-19-4-2-3-5-21(19)29-23/h2-9,14,17H,10-13H2,1H3,(H,25,28). The number of thiazole rings is 1. The minimum absolute atomic E-state index is 0.00788. The second-order valence-corrected chi connectivity index (χ2v) is 8.61. The van der Waals surface area contributed by atoms with Gasteiger partial charge in [0.1, 0.15) is 5.52 Å².